The van der Waals surface area contributed by atoms with Crippen LogP contribution in [-0.2, 0) is 6.42 Å². The lowest BCUT2D eigenvalue weighted by Crippen LogP contribution is -2.10. The number of rotatable bonds is 6. The molecule has 0 aliphatic heterocycles. The molecule has 8 heteroatoms. The van der Waals surface area contributed by atoms with E-state index in [1.807, 2.05) is 17.5 Å². The lowest BCUT2D eigenvalue weighted by molar-refractivity contribution is -0.384. The molecular weight excluding hydrogens is 268 g/mol. The fraction of sp³-hybridized carbons (Fsp3) is 0.182. The molecule has 0 fully saturated rings. The normalized spacial score (nSPS) is 10.2. The summed E-state index contributed by atoms with van der Waals surface area (Å²) in [6.07, 6.45) is 0.730. The topological polar surface area (TPSA) is 103 Å². The smallest absolute Gasteiger partial charge is 0.278 e. The Kier molecular flexibility index (Phi) is 4.26. The number of nitrogens with two attached hydrogens (primary N) is 1. The van der Waals surface area contributed by atoms with E-state index in [-0.39, 0.29) is 17.4 Å². The van der Waals surface area contributed by atoms with Crippen LogP contribution in [0.15, 0.2) is 29.6 Å². The molecule has 0 spiro atoms. The molecule has 2 aromatic heterocycles. The van der Waals surface area contributed by atoms with Crippen LogP contribution < -0.4 is 16.0 Å². The fourth-order valence-electron chi connectivity index (χ4n) is 1.46. The van der Waals surface area contributed by atoms with E-state index in [9.17, 15) is 10.1 Å². The van der Waals surface area contributed by atoms with E-state index >= 15 is 0 Å². The Labute approximate surface area is 113 Å². The summed E-state index contributed by atoms with van der Waals surface area (Å²) in [5, 5.41) is 12.7. The standard InChI is InChI=1S/C11H12N4O3S/c12-14-10-6-8(15(16)17)7-11(13-10)18-4-3-9-2-1-5-19-9/h1-2,5-7H,3-4,12H2,(H,13,14). The van der Waals surface area contributed by atoms with Gasteiger partial charge in [0.25, 0.3) is 5.69 Å². The number of anilines is 1. The number of hydrogen-bond acceptors (Lipinski definition) is 7. The maximum absolute atomic E-state index is 10.7. The van der Waals surface area contributed by atoms with E-state index in [2.05, 4.69) is 10.4 Å². The average molecular weight is 280 g/mol. The van der Waals surface area contributed by atoms with Gasteiger partial charge in [0.1, 0.15) is 0 Å². The van der Waals surface area contributed by atoms with Crippen LogP contribution in [0, 0.1) is 10.1 Å². The number of nitro groups is 1. The molecular formula is C11H12N4O3S. The minimum atomic E-state index is -0.519. The first-order valence-electron chi connectivity index (χ1n) is 5.47. The van der Waals surface area contributed by atoms with Crippen molar-refractivity contribution in [2.75, 3.05) is 12.0 Å². The van der Waals surface area contributed by atoms with Crippen LogP contribution in [-0.4, -0.2) is 16.5 Å². The molecule has 0 aromatic carbocycles. The van der Waals surface area contributed by atoms with Gasteiger partial charge in [0.05, 0.1) is 23.7 Å². The molecule has 0 bridgehead atoms. The summed E-state index contributed by atoms with van der Waals surface area (Å²) in [7, 11) is 0. The summed E-state index contributed by atoms with van der Waals surface area (Å²) in [5.41, 5.74) is 2.16. The van der Waals surface area contributed by atoms with Crippen molar-refractivity contribution in [3.8, 4) is 5.88 Å². The van der Waals surface area contributed by atoms with Gasteiger partial charge in [-0.15, -0.1) is 11.3 Å². The average Bonchev–Trinajstić information content (AvgIpc) is 2.91. The highest BCUT2D eigenvalue weighted by atomic mass is 32.1. The largest absolute Gasteiger partial charge is 0.477 e. The maximum atomic E-state index is 10.7. The Bertz CT molecular complexity index is 559. The predicted molar refractivity (Wildman–Crippen MR) is 72.2 cm³/mol. The van der Waals surface area contributed by atoms with Crippen molar-refractivity contribution in [1.82, 2.24) is 4.98 Å². The van der Waals surface area contributed by atoms with Crippen LogP contribution >= 0.6 is 11.3 Å². The van der Waals surface area contributed by atoms with Crippen molar-refractivity contribution in [3.05, 3.63) is 44.6 Å². The Morgan fingerprint density at radius 3 is 3.00 bits per heavy atom. The molecule has 100 valence electrons. The van der Waals surface area contributed by atoms with Gasteiger partial charge in [0.2, 0.25) is 5.88 Å². The van der Waals surface area contributed by atoms with Gasteiger partial charge in [0, 0.05) is 11.3 Å². The van der Waals surface area contributed by atoms with Crippen molar-refractivity contribution in [3.63, 3.8) is 0 Å². The molecule has 0 radical (unpaired) electrons. The Balaban J connectivity index is 2.02. The number of aromatic nitrogens is 1. The fourth-order valence-corrected chi connectivity index (χ4v) is 2.15. The van der Waals surface area contributed by atoms with Crippen LogP contribution in [0.2, 0.25) is 0 Å². The summed E-state index contributed by atoms with van der Waals surface area (Å²) in [6.45, 7) is 0.401. The predicted octanol–water partition coefficient (Wildman–Crippen LogP) is 1.96. The van der Waals surface area contributed by atoms with E-state index in [4.69, 9.17) is 10.6 Å². The van der Waals surface area contributed by atoms with Gasteiger partial charge in [-0.1, -0.05) is 6.07 Å². The highest BCUT2D eigenvalue weighted by Gasteiger charge is 2.11. The second kappa shape index (κ2) is 6.12. The van der Waals surface area contributed by atoms with Crippen molar-refractivity contribution in [1.29, 1.82) is 0 Å². The van der Waals surface area contributed by atoms with E-state index in [1.165, 1.54) is 17.0 Å². The second-order valence-electron chi connectivity index (χ2n) is 3.63. The Morgan fingerprint density at radius 1 is 1.53 bits per heavy atom. The van der Waals surface area contributed by atoms with Crippen molar-refractivity contribution in [2.24, 2.45) is 5.84 Å². The van der Waals surface area contributed by atoms with Gasteiger partial charge >= 0.3 is 0 Å². The zero-order chi connectivity index (χ0) is 13.7. The molecule has 2 rings (SSSR count). The zero-order valence-electron chi connectivity index (χ0n) is 9.91. The molecule has 0 amide bonds. The number of hydrogen-bond donors (Lipinski definition) is 2. The molecule has 7 nitrogen and oxygen atoms in total. The summed E-state index contributed by atoms with van der Waals surface area (Å²) >= 11 is 1.63. The summed E-state index contributed by atoms with van der Waals surface area (Å²) in [6, 6.07) is 6.48. The van der Waals surface area contributed by atoms with Gasteiger partial charge in [-0.3, -0.25) is 10.1 Å². The number of nitrogens with one attached hydrogen (secondary N) is 1. The first-order valence-corrected chi connectivity index (χ1v) is 6.35. The van der Waals surface area contributed by atoms with E-state index in [0.717, 1.165) is 6.42 Å². The molecule has 3 N–H and O–H groups in total. The first-order chi connectivity index (χ1) is 9.19. The van der Waals surface area contributed by atoms with Crippen molar-refractivity contribution < 1.29 is 9.66 Å². The number of hydrazine groups is 1. The molecule has 0 saturated heterocycles. The Morgan fingerprint density at radius 2 is 2.37 bits per heavy atom. The molecule has 2 aromatic rings. The molecule has 0 aliphatic rings. The van der Waals surface area contributed by atoms with Crippen LogP contribution in [0.3, 0.4) is 0 Å². The summed E-state index contributed by atoms with van der Waals surface area (Å²) < 4.78 is 5.41. The third-order valence-electron chi connectivity index (χ3n) is 2.32. The van der Waals surface area contributed by atoms with Crippen LogP contribution in [0.4, 0.5) is 11.5 Å². The minimum absolute atomic E-state index is 0.117. The van der Waals surface area contributed by atoms with E-state index in [1.54, 1.807) is 11.3 Å². The number of ether oxygens (including phenoxy) is 1. The highest BCUT2D eigenvalue weighted by Crippen LogP contribution is 2.21. The number of thiophene rings is 1. The SMILES string of the molecule is NNc1cc([N+](=O)[O-])cc(OCCc2cccs2)n1. The van der Waals surface area contributed by atoms with Crippen molar-refractivity contribution in [2.45, 2.75) is 6.42 Å². The third-order valence-corrected chi connectivity index (χ3v) is 3.26. The third kappa shape index (κ3) is 3.63. The number of nitrogen functional groups attached to an aromatic ring is 1. The number of nitrogens with zero attached hydrogens (tertiary/aromatic N) is 2. The van der Waals surface area contributed by atoms with Crippen molar-refractivity contribution >= 4 is 22.8 Å². The lowest BCUT2D eigenvalue weighted by atomic mass is 10.3. The lowest BCUT2D eigenvalue weighted by Gasteiger charge is -2.06. The quantitative estimate of drug-likeness (QED) is 0.476. The molecule has 19 heavy (non-hydrogen) atoms. The van der Waals surface area contributed by atoms with E-state index < -0.39 is 4.92 Å². The van der Waals surface area contributed by atoms with Gasteiger partial charge in [-0.25, -0.2) is 5.84 Å². The van der Waals surface area contributed by atoms with Gasteiger partial charge in [-0.05, 0) is 11.4 Å². The van der Waals surface area contributed by atoms with Crippen LogP contribution in [0.25, 0.3) is 0 Å². The van der Waals surface area contributed by atoms with Crippen LogP contribution in [0.5, 0.6) is 5.88 Å². The molecule has 0 unspecified atom stereocenters. The monoisotopic (exact) mass is 280 g/mol. The van der Waals surface area contributed by atoms with Gasteiger partial charge in [0.15, 0.2) is 5.82 Å². The molecule has 2 heterocycles. The second-order valence-corrected chi connectivity index (χ2v) is 4.66. The highest BCUT2D eigenvalue weighted by molar-refractivity contribution is 7.09. The first kappa shape index (κ1) is 13.2. The summed E-state index contributed by atoms with van der Waals surface area (Å²) in [5.74, 6) is 5.58. The van der Waals surface area contributed by atoms with Gasteiger partial charge < -0.3 is 10.2 Å². The zero-order valence-corrected chi connectivity index (χ0v) is 10.7. The Hall–Kier alpha value is -2.19. The molecule has 0 saturated carbocycles. The maximum Gasteiger partial charge on any atom is 0.278 e. The number of pyridine rings is 1. The minimum Gasteiger partial charge on any atom is -0.477 e. The molecule has 0 aliphatic carbocycles. The van der Waals surface area contributed by atoms with E-state index in [0.29, 0.717) is 6.61 Å². The molecule has 0 atom stereocenters. The van der Waals surface area contributed by atoms with Gasteiger partial charge in [-0.2, -0.15) is 4.98 Å². The van der Waals surface area contributed by atoms with Crippen LogP contribution in [0.1, 0.15) is 4.88 Å². The summed E-state index contributed by atoms with van der Waals surface area (Å²) in [4.78, 5) is 15.4.